The SMILES string of the molecule is CCn1ncc2cc(-c3cn(C)nc3-c3ccc(F)cn3)cnc21. The summed E-state index contributed by atoms with van der Waals surface area (Å²) >= 11 is 0. The zero-order valence-electron chi connectivity index (χ0n) is 13.3. The first kappa shape index (κ1) is 14.5. The van der Waals surface area contributed by atoms with Crippen LogP contribution in [0.15, 0.2) is 43.0 Å². The van der Waals surface area contributed by atoms with Crippen molar-refractivity contribution in [3.05, 3.63) is 48.8 Å². The Morgan fingerprint density at radius 2 is 2.00 bits per heavy atom. The van der Waals surface area contributed by atoms with Gasteiger partial charge in [-0.25, -0.2) is 14.1 Å². The normalized spacial score (nSPS) is 11.3. The molecule has 0 radical (unpaired) electrons. The maximum absolute atomic E-state index is 13.1. The summed E-state index contributed by atoms with van der Waals surface area (Å²) in [7, 11) is 1.84. The number of aryl methyl sites for hydroxylation is 2. The molecule has 6 nitrogen and oxygen atoms in total. The largest absolute Gasteiger partial charge is 0.274 e. The van der Waals surface area contributed by atoms with Gasteiger partial charge >= 0.3 is 0 Å². The molecular weight excluding hydrogens is 307 g/mol. The van der Waals surface area contributed by atoms with Crippen molar-refractivity contribution in [3.63, 3.8) is 0 Å². The lowest BCUT2D eigenvalue weighted by Crippen LogP contribution is -1.97. The second kappa shape index (κ2) is 5.52. The predicted octanol–water partition coefficient (Wildman–Crippen LogP) is 3.05. The summed E-state index contributed by atoms with van der Waals surface area (Å²) in [4.78, 5) is 8.67. The molecule has 7 heteroatoms. The van der Waals surface area contributed by atoms with Gasteiger partial charge in [-0.2, -0.15) is 10.2 Å². The number of hydrogen-bond donors (Lipinski definition) is 0. The molecule has 0 amide bonds. The van der Waals surface area contributed by atoms with Crippen molar-refractivity contribution >= 4 is 11.0 Å². The molecule has 0 atom stereocenters. The van der Waals surface area contributed by atoms with Gasteiger partial charge in [0.1, 0.15) is 11.5 Å². The summed E-state index contributed by atoms with van der Waals surface area (Å²) in [6, 6.07) is 5.04. The van der Waals surface area contributed by atoms with Gasteiger partial charge in [-0.05, 0) is 25.1 Å². The van der Waals surface area contributed by atoms with Gasteiger partial charge in [-0.1, -0.05) is 0 Å². The van der Waals surface area contributed by atoms with Crippen LogP contribution in [0, 0.1) is 5.82 Å². The van der Waals surface area contributed by atoms with Crippen LogP contribution < -0.4 is 0 Å². The molecule has 0 aliphatic heterocycles. The highest BCUT2D eigenvalue weighted by Gasteiger charge is 2.15. The molecule has 0 aliphatic rings. The maximum Gasteiger partial charge on any atom is 0.157 e. The van der Waals surface area contributed by atoms with E-state index in [4.69, 9.17) is 0 Å². The topological polar surface area (TPSA) is 61.4 Å². The van der Waals surface area contributed by atoms with Gasteiger partial charge in [-0.15, -0.1) is 0 Å². The Balaban J connectivity index is 1.86. The van der Waals surface area contributed by atoms with Crippen LogP contribution in [0.25, 0.3) is 33.5 Å². The van der Waals surface area contributed by atoms with E-state index in [0.717, 1.165) is 28.7 Å². The highest BCUT2D eigenvalue weighted by atomic mass is 19.1. The number of hydrogen-bond acceptors (Lipinski definition) is 4. The number of fused-ring (bicyclic) bond motifs is 1. The summed E-state index contributed by atoms with van der Waals surface area (Å²) in [5, 5.41) is 9.76. The van der Waals surface area contributed by atoms with Gasteiger partial charge in [-0.3, -0.25) is 9.67 Å². The highest BCUT2D eigenvalue weighted by molar-refractivity contribution is 5.85. The van der Waals surface area contributed by atoms with Crippen LogP contribution >= 0.6 is 0 Å². The number of pyridine rings is 2. The fraction of sp³-hybridized carbons (Fsp3) is 0.176. The van der Waals surface area contributed by atoms with Crippen molar-refractivity contribution in [2.75, 3.05) is 0 Å². The van der Waals surface area contributed by atoms with Crippen LogP contribution in [-0.4, -0.2) is 29.5 Å². The van der Waals surface area contributed by atoms with E-state index < -0.39 is 0 Å². The molecule has 120 valence electrons. The average Bonchev–Trinajstić information content (AvgIpc) is 3.18. The fourth-order valence-corrected chi connectivity index (χ4v) is 2.76. The Morgan fingerprint density at radius 3 is 2.75 bits per heavy atom. The van der Waals surface area contributed by atoms with E-state index in [1.165, 1.54) is 12.3 Å². The Kier molecular flexibility index (Phi) is 3.34. The minimum atomic E-state index is -0.369. The standard InChI is InChI=1S/C17H15FN6/c1-3-24-17-12(8-21-24)6-11(7-20-17)14-10-23(2)22-16(14)15-5-4-13(18)9-19-15/h4-10H,3H2,1-2H3. The maximum atomic E-state index is 13.1. The van der Waals surface area contributed by atoms with Crippen molar-refractivity contribution in [3.8, 4) is 22.5 Å². The first-order valence-electron chi connectivity index (χ1n) is 7.63. The van der Waals surface area contributed by atoms with Crippen molar-refractivity contribution in [1.82, 2.24) is 29.5 Å². The molecular formula is C17H15FN6. The molecule has 0 aliphatic carbocycles. The number of nitrogens with zero attached hydrogens (tertiary/aromatic N) is 6. The van der Waals surface area contributed by atoms with E-state index in [9.17, 15) is 4.39 Å². The molecule has 4 rings (SSSR count). The van der Waals surface area contributed by atoms with Crippen LogP contribution in [0.2, 0.25) is 0 Å². The zero-order valence-corrected chi connectivity index (χ0v) is 13.3. The summed E-state index contributed by atoms with van der Waals surface area (Å²) < 4.78 is 16.7. The molecule has 4 heterocycles. The van der Waals surface area contributed by atoms with Crippen LogP contribution in [0.1, 0.15) is 6.92 Å². The van der Waals surface area contributed by atoms with E-state index in [1.54, 1.807) is 16.9 Å². The third-order valence-corrected chi connectivity index (χ3v) is 3.89. The minimum absolute atomic E-state index is 0.369. The third-order valence-electron chi connectivity index (χ3n) is 3.89. The Hall–Kier alpha value is -3.09. The van der Waals surface area contributed by atoms with Gasteiger partial charge < -0.3 is 0 Å². The van der Waals surface area contributed by atoms with Crippen molar-refractivity contribution < 1.29 is 4.39 Å². The van der Waals surface area contributed by atoms with Crippen LogP contribution in [0.3, 0.4) is 0 Å². The summed E-state index contributed by atoms with van der Waals surface area (Å²) in [6.45, 7) is 2.80. The lowest BCUT2D eigenvalue weighted by atomic mass is 10.1. The molecule has 0 fully saturated rings. The van der Waals surface area contributed by atoms with E-state index in [2.05, 4.69) is 20.2 Å². The first-order chi connectivity index (χ1) is 11.7. The molecule has 0 saturated carbocycles. The number of halogens is 1. The van der Waals surface area contributed by atoms with Crippen LogP contribution in [-0.2, 0) is 13.6 Å². The van der Waals surface area contributed by atoms with Gasteiger partial charge in [0.25, 0.3) is 0 Å². The quantitative estimate of drug-likeness (QED) is 0.581. The smallest absolute Gasteiger partial charge is 0.157 e. The molecule has 4 aromatic heterocycles. The van der Waals surface area contributed by atoms with Gasteiger partial charge in [0.2, 0.25) is 0 Å². The summed E-state index contributed by atoms with van der Waals surface area (Å²) in [5.41, 5.74) is 3.99. The molecule has 0 spiro atoms. The third kappa shape index (κ3) is 2.34. The second-order valence-corrected chi connectivity index (χ2v) is 5.52. The lowest BCUT2D eigenvalue weighted by Gasteiger charge is -2.03. The van der Waals surface area contributed by atoms with Gasteiger partial charge in [0.05, 0.1) is 18.1 Å². The monoisotopic (exact) mass is 322 g/mol. The van der Waals surface area contributed by atoms with E-state index in [0.29, 0.717) is 11.4 Å². The zero-order chi connectivity index (χ0) is 16.7. The highest BCUT2D eigenvalue weighted by Crippen LogP contribution is 2.30. The molecule has 4 aromatic rings. The van der Waals surface area contributed by atoms with Crippen molar-refractivity contribution in [2.24, 2.45) is 7.05 Å². The molecule has 24 heavy (non-hydrogen) atoms. The first-order valence-corrected chi connectivity index (χ1v) is 7.63. The second-order valence-electron chi connectivity index (χ2n) is 5.52. The summed E-state index contributed by atoms with van der Waals surface area (Å²) in [5.74, 6) is -0.369. The van der Waals surface area contributed by atoms with E-state index in [-0.39, 0.29) is 5.82 Å². The minimum Gasteiger partial charge on any atom is -0.274 e. The molecule has 0 unspecified atom stereocenters. The van der Waals surface area contributed by atoms with Crippen LogP contribution in [0.5, 0.6) is 0 Å². The lowest BCUT2D eigenvalue weighted by molar-refractivity contribution is 0.621. The fourth-order valence-electron chi connectivity index (χ4n) is 2.76. The molecule has 0 N–H and O–H groups in total. The molecule has 0 saturated heterocycles. The summed E-state index contributed by atoms with van der Waals surface area (Å²) in [6.07, 6.45) is 6.72. The van der Waals surface area contributed by atoms with Crippen molar-refractivity contribution in [1.29, 1.82) is 0 Å². The Morgan fingerprint density at radius 1 is 1.12 bits per heavy atom. The van der Waals surface area contributed by atoms with Crippen molar-refractivity contribution in [2.45, 2.75) is 13.5 Å². The van der Waals surface area contributed by atoms with Gasteiger partial charge in [0, 0.05) is 42.5 Å². The van der Waals surface area contributed by atoms with E-state index >= 15 is 0 Å². The average molecular weight is 322 g/mol. The van der Waals surface area contributed by atoms with E-state index in [1.807, 2.05) is 37.1 Å². The molecule has 0 aromatic carbocycles. The predicted molar refractivity (Wildman–Crippen MR) is 88.6 cm³/mol. The molecule has 0 bridgehead atoms. The van der Waals surface area contributed by atoms with Gasteiger partial charge in [0.15, 0.2) is 5.65 Å². The number of aromatic nitrogens is 6. The number of rotatable bonds is 3. The Bertz CT molecular complexity index is 1020. The van der Waals surface area contributed by atoms with Crippen LogP contribution in [0.4, 0.5) is 4.39 Å². The Labute approximate surface area is 137 Å².